The Morgan fingerprint density at radius 3 is 2.56 bits per heavy atom. The summed E-state index contributed by atoms with van der Waals surface area (Å²) in [6, 6.07) is 17.9. The van der Waals surface area contributed by atoms with Crippen LogP contribution in [-0.4, -0.2) is 30.5 Å². The number of hydrogen-bond donors (Lipinski definition) is 1. The normalized spacial score (nSPS) is 13.1. The summed E-state index contributed by atoms with van der Waals surface area (Å²) in [5.41, 5.74) is 5.10. The second-order valence-electron chi connectivity index (χ2n) is 8.27. The van der Waals surface area contributed by atoms with E-state index in [1.807, 2.05) is 61.0 Å². The zero-order valence-corrected chi connectivity index (χ0v) is 18.4. The predicted octanol–water partition coefficient (Wildman–Crippen LogP) is 4.40. The van der Waals surface area contributed by atoms with E-state index < -0.39 is 0 Å². The second-order valence-corrected chi connectivity index (χ2v) is 8.27. The lowest BCUT2D eigenvalue weighted by Gasteiger charge is -2.14. The number of nitrogens with zero attached hydrogens (tertiary/aromatic N) is 5. The number of amides is 1. The summed E-state index contributed by atoms with van der Waals surface area (Å²) in [5, 5.41) is 16.3. The molecule has 0 radical (unpaired) electrons. The molecule has 5 rings (SSSR count). The van der Waals surface area contributed by atoms with Gasteiger partial charge in [0, 0.05) is 29.9 Å². The third-order valence-corrected chi connectivity index (χ3v) is 6.04. The van der Waals surface area contributed by atoms with Crippen LogP contribution in [-0.2, 0) is 19.5 Å². The van der Waals surface area contributed by atoms with E-state index in [0.29, 0.717) is 12.1 Å². The molecule has 7 heteroatoms. The number of hydrogen-bond acceptors (Lipinski definition) is 4. The summed E-state index contributed by atoms with van der Waals surface area (Å²) in [7, 11) is 0. The Hall–Kier alpha value is -3.74. The smallest absolute Gasteiger partial charge is 0.259 e. The molecule has 7 nitrogen and oxygen atoms in total. The fourth-order valence-corrected chi connectivity index (χ4v) is 4.35. The highest BCUT2D eigenvalue weighted by Gasteiger charge is 2.20. The summed E-state index contributed by atoms with van der Waals surface area (Å²) in [4.78, 5) is 13.0. The number of anilines is 1. The number of rotatable bonds is 5. The van der Waals surface area contributed by atoms with E-state index in [-0.39, 0.29) is 5.91 Å². The lowest BCUT2D eigenvalue weighted by Crippen LogP contribution is -2.14. The number of aromatic nitrogens is 5. The molecule has 1 aliphatic rings. The highest BCUT2D eigenvalue weighted by Crippen LogP contribution is 2.25. The van der Waals surface area contributed by atoms with Crippen molar-refractivity contribution in [1.29, 1.82) is 0 Å². The average molecular weight is 427 g/mol. The molecule has 3 heterocycles. The molecule has 4 aromatic rings. The van der Waals surface area contributed by atoms with E-state index in [2.05, 4.69) is 37.3 Å². The number of carbonyl (C=O) groups excluding carboxylic acids is 1. The van der Waals surface area contributed by atoms with Gasteiger partial charge in [-0.2, -0.15) is 5.10 Å². The lowest BCUT2D eigenvalue weighted by molar-refractivity contribution is 0.102. The van der Waals surface area contributed by atoms with Crippen LogP contribution in [0.4, 0.5) is 5.69 Å². The molecule has 32 heavy (non-hydrogen) atoms. The van der Waals surface area contributed by atoms with Crippen LogP contribution in [0.2, 0.25) is 0 Å². The van der Waals surface area contributed by atoms with Gasteiger partial charge in [0.25, 0.3) is 5.91 Å². The summed E-state index contributed by atoms with van der Waals surface area (Å²) in [5.74, 6) is 1.81. The predicted molar refractivity (Wildman–Crippen MR) is 124 cm³/mol. The van der Waals surface area contributed by atoms with E-state index in [0.717, 1.165) is 59.2 Å². The molecule has 0 atom stereocenters. The van der Waals surface area contributed by atoms with Gasteiger partial charge in [-0.1, -0.05) is 30.3 Å². The minimum absolute atomic E-state index is 0.146. The van der Waals surface area contributed by atoms with Crippen LogP contribution in [0, 0.1) is 13.8 Å². The molecule has 1 aliphatic heterocycles. The molecule has 0 unspecified atom stereocenters. The third-order valence-electron chi connectivity index (χ3n) is 6.04. The molecule has 1 amide bonds. The van der Waals surface area contributed by atoms with Crippen molar-refractivity contribution in [1.82, 2.24) is 24.5 Å². The van der Waals surface area contributed by atoms with Crippen LogP contribution in [0.15, 0.2) is 54.6 Å². The first kappa shape index (κ1) is 20.2. The number of carbonyl (C=O) groups is 1. The lowest BCUT2D eigenvalue weighted by atomic mass is 10.1. The van der Waals surface area contributed by atoms with Gasteiger partial charge in [0.1, 0.15) is 5.82 Å². The molecule has 2 aromatic heterocycles. The standard InChI is InChI=1S/C25H26N6O/c1-17-23(18(2)31(29-17)16-19-8-4-3-5-9-19)25(32)26-21-13-11-20(12-14-21)24-28-27-22-10-6-7-15-30(22)24/h3-5,8-9,11-14H,6-7,10,15-16H2,1-2H3,(H,26,32). The van der Waals surface area contributed by atoms with Crippen molar-refractivity contribution in [3.05, 3.63) is 82.9 Å². The van der Waals surface area contributed by atoms with Crippen molar-refractivity contribution in [2.75, 3.05) is 5.32 Å². The van der Waals surface area contributed by atoms with Gasteiger partial charge in [0.15, 0.2) is 5.82 Å². The van der Waals surface area contributed by atoms with Crippen LogP contribution >= 0.6 is 0 Å². The minimum Gasteiger partial charge on any atom is -0.322 e. The molecule has 1 N–H and O–H groups in total. The highest BCUT2D eigenvalue weighted by atomic mass is 16.1. The largest absolute Gasteiger partial charge is 0.322 e. The van der Waals surface area contributed by atoms with E-state index in [1.54, 1.807) is 0 Å². The Bertz CT molecular complexity index is 1250. The van der Waals surface area contributed by atoms with Crippen molar-refractivity contribution in [3.63, 3.8) is 0 Å². The van der Waals surface area contributed by atoms with Gasteiger partial charge in [-0.15, -0.1) is 10.2 Å². The molecule has 0 bridgehead atoms. The molecule has 2 aromatic carbocycles. The van der Waals surface area contributed by atoms with Crippen molar-refractivity contribution in [3.8, 4) is 11.4 Å². The first-order valence-electron chi connectivity index (χ1n) is 11.0. The number of fused-ring (bicyclic) bond motifs is 1. The zero-order chi connectivity index (χ0) is 22.1. The second kappa shape index (κ2) is 8.42. The summed E-state index contributed by atoms with van der Waals surface area (Å²) < 4.78 is 4.09. The third kappa shape index (κ3) is 3.82. The van der Waals surface area contributed by atoms with Gasteiger partial charge < -0.3 is 9.88 Å². The zero-order valence-electron chi connectivity index (χ0n) is 18.4. The number of benzene rings is 2. The van der Waals surface area contributed by atoms with Gasteiger partial charge in [-0.05, 0) is 56.5 Å². The number of nitrogens with one attached hydrogen (secondary N) is 1. The molecule has 162 valence electrons. The monoisotopic (exact) mass is 426 g/mol. The maximum Gasteiger partial charge on any atom is 0.259 e. The van der Waals surface area contributed by atoms with Crippen molar-refractivity contribution in [2.45, 2.75) is 46.2 Å². The highest BCUT2D eigenvalue weighted by molar-refractivity contribution is 6.05. The van der Waals surface area contributed by atoms with Crippen molar-refractivity contribution < 1.29 is 4.79 Å². The average Bonchev–Trinajstić information content (AvgIpc) is 3.35. The van der Waals surface area contributed by atoms with Crippen LogP contribution < -0.4 is 5.32 Å². The van der Waals surface area contributed by atoms with Gasteiger partial charge in [0.2, 0.25) is 0 Å². The Balaban J connectivity index is 1.33. The number of aryl methyl sites for hydroxylation is 2. The fourth-order valence-electron chi connectivity index (χ4n) is 4.35. The van der Waals surface area contributed by atoms with Crippen molar-refractivity contribution in [2.24, 2.45) is 0 Å². The molecular weight excluding hydrogens is 400 g/mol. The molecule has 0 fully saturated rings. The van der Waals surface area contributed by atoms with Gasteiger partial charge in [-0.3, -0.25) is 9.48 Å². The maximum absolute atomic E-state index is 13.0. The van der Waals surface area contributed by atoms with Gasteiger partial charge in [0.05, 0.1) is 17.8 Å². The fraction of sp³-hybridized carbons (Fsp3) is 0.280. The summed E-state index contributed by atoms with van der Waals surface area (Å²) in [6.45, 7) is 5.41. The van der Waals surface area contributed by atoms with Crippen LogP contribution in [0.5, 0.6) is 0 Å². The Morgan fingerprint density at radius 1 is 1.00 bits per heavy atom. The quantitative estimate of drug-likeness (QED) is 0.513. The molecule has 0 spiro atoms. The SMILES string of the molecule is Cc1nn(Cc2ccccc2)c(C)c1C(=O)Nc1ccc(-c2nnc3n2CCCC3)cc1. The topological polar surface area (TPSA) is 77.6 Å². The van der Waals surface area contributed by atoms with E-state index in [4.69, 9.17) is 0 Å². The van der Waals surface area contributed by atoms with E-state index >= 15 is 0 Å². The molecule has 0 saturated heterocycles. The van der Waals surface area contributed by atoms with Gasteiger partial charge in [-0.25, -0.2) is 0 Å². The minimum atomic E-state index is -0.146. The van der Waals surface area contributed by atoms with Crippen LogP contribution in [0.3, 0.4) is 0 Å². The van der Waals surface area contributed by atoms with Crippen molar-refractivity contribution >= 4 is 11.6 Å². The van der Waals surface area contributed by atoms with E-state index in [1.165, 1.54) is 6.42 Å². The van der Waals surface area contributed by atoms with Gasteiger partial charge >= 0.3 is 0 Å². The van der Waals surface area contributed by atoms with Crippen LogP contribution in [0.25, 0.3) is 11.4 Å². The first-order chi connectivity index (χ1) is 15.6. The summed E-state index contributed by atoms with van der Waals surface area (Å²) >= 11 is 0. The maximum atomic E-state index is 13.0. The molecular formula is C25H26N6O. The first-order valence-corrected chi connectivity index (χ1v) is 11.0. The summed E-state index contributed by atoms with van der Waals surface area (Å²) in [6.07, 6.45) is 3.31. The Labute approximate surface area is 187 Å². The Kier molecular flexibility index (Phi) is 5.31. The molecule has 0 aliphatic carbocycles. The Morgan fingerprint density at radius 2 is 1.78 bits per heavy atom. The van der Waals surface area contributed by atoms with Crippen LogP contribution in [0.1, 0.15) is 46.0 Å². The van der Waals surface area contributed by atoms with E-state index in [9.17, 15) is 4.79 Å². The molecule has 0 saturated carbocycles.